The van der Waals surface area contributed by atoms with Crippen LogP contribution >= 0.6 is 12.4 Å². The van der Waals surface area contributed by atoms with E-state index in [0.29, 0.717) is 0 Å². The molecule has 0 unspecified atom stereocenters. The smallest absolute Gasteiger partial charge is 0.286 e. The van der Waals surface area contributed by atoms with E-state index in [4.69, 9.17) is 0 Å². The third-order valence-corrected chi connectivity index (χ3v) is 0.672. The summed E-state index contributed by atoms with van der Waals surface area (Å²) in [5.41, 5.74) is 0.748. The molecule has 0 amide bonds. The normalized spacial score (nSPS) is 8.25. The summed E-state index contributed by atoms with van der Waals surface area (Å²) in [5.74, 6) is 0. The molecule has 0 aliphatic heterocycles. The van der Waals surface area contributed by atoms with Crippen LogP contribution < -0.4 is 0 Å². The quantitative estimate of drug-likeness (QED) is 0.572. The van der Waals surface area contributed by atoms with Gasteiger partial charge in [0.25, 0.3) is 6.08 Å². The number of aromatic amines is 1. The first-order chi connectivity index (χ1) is 3.29. The predicted molar refractivity (Wildman–Crippen MR) is 30.5 cm³/mol. The second kappa shape index (κ2) is 2.67. The topological polar surface area (TPSA) is 28.7 Å². The molecule has 46 valence electrons. The fraction of sp³-hybridized carbons (Fsp3) is 0.250. The minimum absolute atomic E-state index is 0. The van der Waals surface area contributed by atoms with Crippen molar-refractivity contribution in [2.45, 2.75) is 6.92 Å². The zero-order valence-electron chi connectivity index (χ0n) is 4.31. The number of hydrogen-bond acceptors (Lipinski definition) is 1. The number of H-pyrrole nitrogens is 1. The summed E-state index contributed by atoms with van der Waals surface area (Å²) in [6.07, 6.45) is 0.924. The molecule has 1 aromatic heterocycles. The Hall–Kier alpha value is -0.570. The molecule has 2 nitrogen and oxygen atoms in total. The van der Waals surface area contributed by atoms with Crippen LogP contribution in [-0.2, 0) is 0 Å². The van der Waals surface area contributed by atoms with Crippen LogP contribution in [0.1, 0.15) is 5.69 Å². The highest BCUT2D eigenvalue weighted by Crippen LogP contribution is 1.89. The van der Waals surface area contributed by atoms with Gasteiger partial charge in [0.2, 0.25) is 0 Å². The summed E-state index contributed by atoms with van der Waals surface area (Å²) in [7, 11) is 0. The Labute approximate surface area is 52.5 Å². The fourth-order valence-corrected chi connectivity index (χ4v) is 0.381. The number of aryl methyl sites for hydroxylation is 1. The van der Waals surface area contributed by atoms with Crippen molar-refractivity contribution in [3.05, 3.63) is 18.0 Å². The Morgan fingerprint density at radius 2 is 2.38 bits per heavy atom. The van der Waals surface area contributed by atoms with Crippen LogP contribution in [0.2, 0.25) is 0 Å². The monoisotopic (exact) mass is 136 g/mol. The second-order valence-corrected chi connectivity index (χ2v) is 1.36. The summed E-state index contributed by atoms with van der Waals surface area (Å²) in [6, 6.07) is 0. The van der Waals surface area contributed by atoms with Gasteiger partial charge in [-0.3, -0.25) is 0 Å². The van der Waals surface area contributed by atoms with E-state index in [2.05, 4.69) is 9.97 Å². The van der Waals surface area contributed by atoms with Gasteiger partial charge in [-0.05, 0) is 6.92 Å². The lowest BCUT2D eigenvalue weighted by Gasteiger charge is -1.70. The number of nitrogens with one attached hydrogen (secondary N) is 1. The van der Waals surface area contributed by atoms with Gasteiger partial charge in [0.05, 0.1) is 6.20 Å². The highest BCUT2D eigenvalue weighted by atomic mass is 35.5. The van der Waals surface area contributed by atoms with E-state index in [1.54, 1.807) is 6.92 Å². The van der Waals surface area contributed by atoms with E-state index in [1.165, 1.54) is 6.20 Å². The number of hydrogen-bond donors (Lipinski definition) is 1. The molecule has 1 rings (SSSR count). The number of halogens is 2. The first kappa shape index (κ1) is 7.43. The summed E-state index contributed by atoms with van der Waals surface area (Å²) in [6.45, 7) is 1.75. The first-order valence-corrected chi connectivity index (χ1v) is 1.96. The summed E-state index contributed by atoms with van der Waals surface area (Å²) in [5, 5.41) is 0. The van der Waals surface area contributed by atoms with Gasteiger partial charge in [-0.25, -0.2) is 4.98 Å². The number of rotatable bonds is 0. The standard InChI is InChI=1S/C4H5FN2.ClH/c1-3-2-6-4(5)7-3;/h2H,1H3,(H,6,7);1H. The third kappa shape index (κ3) is 1.50. The summed E-state index contributed by atoms with van der Waals surface area (Å²) < 4.78 is 11.8. The van der Waals surface area contributed by atoms with Gasteiger partial charge >= 0.3 is 0 Å². The highest BCUT2D eigenvalue weighted by molar-refractivity contribution is 5.85. The molecule has 0 saturated carbocycles. The molecule has 1 aromatic rings. The van der Waals surface area contributed by atoms with Gasteiger partial charge in [0.1, 0.15) is 0 Å². The molecule has 1 N–H and O–H groups in total. The Balaban J connectivity index is 0.000000490. The predicted octanol–water partition coefficient (Wildman–Crippen LogP) is 1.28. The lowest BCUT2D eigenvalue weighted by molar-refractivity contribution is 0.551. The molecule has 0 aliphatic rings. The van der Waals surface area contributed by atoms with Gasteiger partial charge in [0.15, 0.2) is 0 Å². The number of aromatic nitrogens is 2. The van der Waals surface area contributed by atoms with E-state index in [-0.39, 0.29) is 12.4 Å². The highest BCUT2D eigenvalue weighted by Gasteiger charge is 1.88. The van der Waals surface area contributed by atoms with E-state index < -0.39 is 6.08 Å². The van der Waals surface area contributed by atoms with Gasteiger partial charge in [0, 0.05) is 5.69 Å². The van der Waals surface area contributed by atoms with Gasteiger partial charge in [-0.1, -0.05) is 0 Å². The Morgan fingerprint density at radius 1 is 1.75 bits per heavy atom. The average Bonchev–Trinajstić information content (AvgIpc) is 1.87. The van der Waals surface area contributed by atoms with Crippen LogP contribution in [0, 0.1) is 13.0 Å². The van der Waals surface area contributed by atoms with Gasteiger partial charge < -0.3 is 4.98 Å². The second-order valence-electron chi connectivity index (χ2n) is 1.36. The maximum Gasteiger partial charge on any atom is 0.286 e. The number of nitrogens with zero attached hydrogens (tertiary/aromatic N) is 1. The molecule has 0 saturated heterocycles. The SMILES string of the molecule is Cc1cnc(F)[nH]1.Cl. The van der Waals surface area contributed by atoms with Crippen molar-refractivity contribution in [3.63, 3.8) is 0 Å². The Bertz CT molecular complexity index is 146. The van der Waals surface area contributed by atoms with Crippen LogP contribution in [0.4, 0.5) is 4.39 Å². The molecule has 0 radical (unpaired) electrons. The van der Waals surface area contributed by atoms with E-state index >= 15 is 0 Å². The van der Waals surface area contributed by atoms with Crippen molar-refractivity contribution in [1.82, 2.24) is 9.97 Å². The minimum atomic E-state index is -0.516. The maximum absolute atomic E-state index is 11.8. The van der Waals surface area contributed by atoms with Gasteiger partial charge in [-0.2, -0.15) is 4.39 Å². The summed E-state index contributed by atoms with van der Waals surface area (Å²) in [4.78, 5) is 5.66. The van der Waals surface area contributed by atoms with E-state index in [0.717, 1.165) is 5.69 Å². The van der Waals surface area contributed by atoms with E-state index in [9.17, 15) is 4.39 Å². The van der Waals surface area contributed by atoms with Crippen LogP contribution in [0.5, 0.6) is 0 Å². The lowest BCUT2D eigenvalue weighted by Crippen LogP contribution is -1.71. The molecule has 0 spiro atoms. The summed E-state index contributed by atoms with van der Waals surface area (Å²) >= 11 is 0. The van der Waals surface area contributed by atoms with E-state index in [1.807, 2.05) is 0 Å². The van der Waals surface area contributed by atoms with Crippen molar-refractivity contribution in [1.29, 1.82) is 0 Å². The largest absolute Gasteiger partial charge is 0.318 e. The first-order valence-electron chi connectivity index (χ1n) is 1.96. The Kier molecular flexibility index (Phi) is 2.48. The molecule has 0 aliphatic carbocycles. The molecular formula is C4H6ClFN2. The molecule has 0 fully saturated rings. The minimum Gasteiger partial charge on any atom is -0.318 e. The van der Waals surface area contributed by atoms with Gasteiger partial charge in [-0.15, -0.1) is 12.4 Å². The lowest BCUT2D eigenvalue weighted by atomic mass is 10.6. The third-order valence-electron chi connectivity index (χ3n) is 0.672. The maximum atomic E-state index is 11.8. The van der Waals surface area contributed by atoms with Crippen molar-refractivity contribution in [3.8, 4) is 0 Å². The van der Waals surface area contributed by atoms with Crippen molar-refractivity contribution < 1.29 is 4.39 Å². The van der Waals surface area contributed by atoms with Crippen LogP contribution in [-0.4, -0.2) is 9.97 Å². The Morgan fingerprint density at radius 3 is 2.50 bits per heavy atom. The molecule has 8 heavy (non-hydrogen) atoms. The molecular weight excluding hydrogens is 131 g/mol. The molecule has 0 aromatic carbocycles. The zero-order valence-corrected chi connectivity index (χ0v) is 5.13. The van der Waals surface area contributed by atoms with Crippen LogP contribution in [0.15, 0.2) is 6.20 Å². The van der Waals surface area contributed by atoms with Crippen molar-refractivity contribution in [2.75, 3.05) is 0 Å². The van der Waals surface area contributed by atoms with Crippen molar-refractivity contribution >= 4 is 12.4 Å². The molecule has 1 heterocycles. The zero-order chi connectivity index (χ0) is 5.28. The molecule has 4 heteroatoms. The molecule has 0 atom stereocenters. The van der Waals surface area contributed by atoms with Crippen molar-refractivity contribution in [2.24, 2.45) is 0 Å². The fourth-order valence-electron chi connectivity index (χ4n) is 0.381. The molecule has 0 bridgehead atoms. The van der Waals surface area contributed by atoms with Crippen LogP contribution in [0.3, 0.4) is 0 Å². The van der Waals surface area contributed by atoms with Crippen LogP contribution in [0.25, 0.3) is 0 Å². The average molecular weight is 137 g/mol. The number of imidazole rings is 1.